The van der Waals surface area contributed by atoms with Crippen LogP contribution in [-0.4, -0.2) is 13.1 Å². The third-order valence-corrected chi connectivity index (χ3v) is 3.64. The molecule has 0 unspecified atom stereocenters. The van der Waals surface area contributed by atoms with Gasteiger partial charge in [-0.1, -0.05) is 0 Å². The van der Waals surface area contributed by atoms with Crippen LogP contribution < -0.4 is 10.6 Å². The second kappa shape index (κ2) is 4.11. The summed E-state index contributed by atoms with van der Waals surface area (Å²) in [4.78, 5) is 2.28. The van der Waals surface area contributed by atoms with Crippen LogP contribution in [0.3, 0.4) is 0 Å². The number of nitrogens with zero attached hydrogens (tertiary/aromatic N) is 1. The molecule has 0 aliphatic heterocycles. The molecule has 0 spiro atoms. The first-order chi connectivity index (χ1) is 7.27. The Balaban J connectivity index is 2.56. The van der Waals surface area contributed by atoms with Crippen molar-refractivity contribution in [1.29, 1.82) is 0 Å². The molecule has 0 saturated carbocycles. The number of nitrogens with two attached hydrogens (primary N) is 1. The summed E-state index contributed by atoms with van der Waals surface area (Å²) in [6.07, 6.45) is 0. The molecule has 0 aliphatic rings. The van der Waals surface area contributed by atoms with E-state index in [4.69, 9.17) is 5.73 Å². The van der Waals surface area contributed by atoms with Gasteiger partial charge in [0.25, 0.3) is 0 Å². The maximum absolute atomic E-state index is 6.18. The van der Waals surface area contributed by atoms with E-state index in [0.717, 1.165) is 24.5 Å². The van der Waals surface area contributed by atoms with E-state index in [1.807, 2.05) is 0 Å². The minimum absolute atomic E-state index is 0.914. The van der Waals surface area contributed by atoms with Gasteiger partial charge in [-0.3, -0.25) is 0 Å². The average molecular weight is 220 g/mol. The maximum atomic E-state index is 6.18. The summed E-state index contributed by atoms with van der Waals surface area (Å²) in [5.74, 6) is 0. The largest absolute Gasteiger partial charge is 0.397 e. The third-order valence-electron chi connectivity index (χ3n) is 2.76. The average Bonchev–Trinajstić information content (AvgIpc) is 2.71. The Morgan fingerprint density at radius 2 is 1.93 bits per heavy atom. The molecule has 0 saturated heterocycles. The molecule has 0 atom stereocenters. The Morgan fingerprint density at radius 3 is 2.60 bits per heavy atom. The summed E-state index contributed by atoms with van der Waals surface area (Å²) in [5.41, 5.74) is 8.25. The lowest BCUT2D eigenvalue weighted by atomic mass is 10.2. The fourth-order valence-corrected chi connectivity index (χ4v) is 2.70. The molecule has 80 valence electrons. The minimum atomic E-state index is 0.914. The second-order valence-corrected chi connectivity index (χ2v) is 4.45. The van der Waals surface area contributed by atoms with Crippen molar-refractivity contribution in [3.63, 3.8) is 0 Å². The van der Waals surface area contributed by atoms with Crippen LogP contribution >= 0.6 is 11.3 Å². The Hall–Kier alpha value is -1.22. The SMILES string of the molecule is CCN(CC)c1ccc2sccc2c1N. The Labute approximate surface area is 94.3 Å². The summed E-state index contributed by atoms with van der Waals surface area (Å²) in [7, 11) is 0. The number of anilines is 2. The van der Waals surface area contributed by atoms with Crippen molar-refractivity contribution in [1.82, 2.24) is 0 Å². The summed E-state index contributed by atoms with van der Waals surface area (Å²) in [6.45, 7) is 6.30. The summed E-state index contributed by atoms with van der Waals surface area (Å²) in [5, 5.41) is 3.27. The standard InChI is InChI=1S/C12H16N2S/c1-3-14(4-2)10-5-6-11-9(12(10)13)7-8-15-11/h5-8H,3-4,13H2,1-2H3. The number of hydrogen-bond acceptors (Lipinski definition) is 3. The molecular formula is C12H16N2S. The van der Waals surface area contributed by atoms with Crippen LogP contribution in [0.5, 0.6) is 0 Å². The van der Waals surface area contributed by atoms with E-state index in [0.29, 0.717) is 0 Å². The van der Waals surface area contributed by atoms with Gasteiger partial charge in [-0.25, -0.2) is 0 Å². The van der Waals surface area contributed by atoms with Crippen molar-refractivity contribution < 1.29 is 0 Å². The highest BCUT2D eigenvalue weighted by atomic mass is 32.1. The molecule has 2 aromatic rings. The van der Waals surface area contributed by atoms with E-state index < -0.39 is 0 Å². The van der Waals surface area contributed by atoms with E-state index >= 15 is 0 Å². The first-order valence-electron chi connectivity index (χ1n) is 5.28. The van der Waals surface area contributed by atoms with Crippen LogP contribution in [0.1, 0.15) is 13.8 Å². The van der Waals surface area contributed by atoms with Gasteiger partial charge in [-0.2, -0.15) is 0 Å². The zero-order chi connectivity index (χ0) is 10.8. The van der Waals surface area contributed by atoms with Gasteiger partial charge in [0.2, 0.25) is 0 Å². The molecule has 0 amide bonds. The normalized spacial score (nSPS) is 10.8. The van der Waals surface area contributed by atoms with Crippen molar-refractivity contribution >= 4 is 32.8 Å². The van der Waals surface area contributed by atoms with E-state index in [1.165, 1.54) is 10.1 Å². The zero-order valence-corrected chi connectivity index (χ0v) is 9.97. The summed E-state index contributed by atoms with van der Waals surface area (Å²) < 4.78 is 1.27. The molecule has 1 heterocycles. The topological polar surface area (TPSA) is 29.3 Å². The van der Waals surface area contributed by atoms with Crippen molar-refractivity contribution in [3.05, 3.63) is 23.6 Å². The van der Waals surface area contributed by atoms with E-state index in [9.17, 15) is 0 Å². The van der Waals surface area contributed by atoms with Gasteiger partial charge >= 0.3 is 0 Å². The maximum Gasteiger partial charge on any atom is 0.0640 e. The molecule has 15 heavy (non-hydrogen) atoms. The fraction of sp³-hybridized carbons (Fsp3) is 0.333. The quantitative estimate of drug-likeness (QED) is 0.804. The molecule has 2 rings (SSSR count). The third kappa shape index (κ3) is 1.67. The Morgan fingerprint density at radius 1 is 1.20 bits per heavy atom. The number of benzene rings is 1. The molecular weight excluding hydrogens is 204 g/mol. The van der Waals surface area contributed by atoms with Crippen LogP contribution in [-0.2, 0) is 0 Å². The van der Waals surface area contributed by atoms with Gasteiger partial charge in [0.05, 0.1) is 11.4 Å². The van der Waals surface area contributed by atoms with Crippen molar-refractivity contribution in [3.8, 4) is 0 Å². The van der Waals surface area contributed by atoms with Crippen LogP contribution in [0.2, 0.25) is 0 Å². The lowest BCUT2D eigenvalue weighted by molar-refractivity contribution is 0.868. The summed E-state index contributed by atoms with van der Waals surface area (Å²) >= 11 is 1.74. The van der Waals surface area contributed by atoms with Crippen LogP contribution in [0.25, 0.3) is 10.1 Å². The molecule has 2 N–H and O–H groups in total. The van der Waals surface area contributed by atoms with E-state index in [-0.39, 0.29) is 0 Å². The van der Waals surface area contributed by atoms with Gasteiger partial charge in [0, 0.05) is 23.2 Å². The number of fused-ring (bicyclic) bond motifs is 1. The van der Waals surface area contributed by atoms with Crippen LogP contribution in [0, 0.1) is 0 Å². The van der Waals surface area contributed by atoms with E-state index in [1.54, 1.807) is 11.3 Å². The fourth-order valence-electron chi connectivity index (χ4n) is 1.89. The van der Waals surface area contributed by atoms with Gasteiger partial charge in [-0.05, 0) is 37.4 Å². The molecule has 1 aromatic heterocycles. The number of hydrogen-bond donors (Lipinski definition) is 1. The van der Waals surface area contributed by atoms with Crippen LogP contribution in [0.15, 0.2) is 23.6 Å². The highest BCUT2D eigenvalue weighted by Gasteiger charge is 2.09. The lowest BCUT2D eigenvalue weighted by Crippen LogP contribution is -2.22. The van der Waals surface area contributed by atoms with Gasteiger partial charge < -0.3 is 10.6 Å². The zero-order valence-electron chi connectivity index (χ0n) is 9.16. The molecule has 3 heteroatoms. The highest BCUT2D eigenvalue weighted by molar-refractivity contribution is 7.17. The smallest absolute Gasteiger partial charge is 0.0640 e. The van der Waals surface area contributed by atoms with Crippen molar-refractivity contribution in [2.45, 2.75) is 13.8 Å². The molecule has 2 nitrogen and oxygen atoms in total. The number of nitrogen functional groups attached to an aromatic ring is 1. The molecule has 0 aliphatic carbocycles. The molecule has 1 aromatic carbocycles. The minimum Gasteiger partial charge on any atom is -0.397 e. The lowest BCUT2D eigenvalue weighted by Gasteiger charge is -2.23. The van der Waals surface area contributed by atoms with Crippen LogP contribution in [0.4, 0.5) is 11.4 Å². The number of thiophene rings is 1. The van der Waals surface area contributed by atoms with E-state index in [2.05, 4.69) is 42.3 Å². The molecule has 0 bridgehead atoms. The Bertz CT molecular complexity index is 458. The predicted molar refractivity (Wildman–Crippen MR) is 69.8 cm³/mol. The van der Waals surface area contributed by atoms with Gasteiger partial charge in [0.15, 0.2) is 0 Å². The highest BCUT2D eigenvalue weighted by Crippen LogP contribution is 2.33. The molecule has 0 radical (unpaired) electrons. The van der Waals surface area contributed by atoms with Crippen molar-refractivity contribution in [2.75, 3.05) is 23.7 Å². The predicted octanol–water partition coefficient (Wildman–Crippen LogP) is 3.33. The molecule has 0 fully saturated rings. The first-order valence-corrected chi connectivity index (χ1v) is 6.16. The Kier molecular flexibility index (Phi) is 2.82. The monoisotopic (exact) mass is 220 g/mol. The number of rotatable bonds is 3. The second-order valence-electron chi connectivity index (χ2n) is 3.50. The summed E-state index contributed by atoms with van der Waals surface area (Å²) in [6, 6.07) is 6.38. The first kappa shape index (κ1) is 10.3. The van der Waals surface area contributed by atoms with Crippen molar-refractivity contribution in [2.24, 2.45) is 0 Å². The van der Waals surface area contributed by atoms with Gasteiger partial charge in [-0.15, -0.1) is 11.3 Å². The van der Waals surface area contributed by atoms with Gasteiger partial charge in [0.1, 0.15) is 0 Å².